The van der Waals surface area contributed by atoms with Gasteiger partial charge in [0.15, 0.2) is 0 Å². The highest BCUT2D eigenvalue weighted by molar-refractivity contribution is 5.20. The molecule has 3 rings (SSSR count). The lowest BCUT2D eigenvalue weighted by Gasteiger charge is -2.26. The molecular formula is C11H16O2. The molecule has 0 spiro atoms. The first-order chi connectivity index (χ1) is 6.09. The number of aliphatic hydroxyl groups is 2. The summed E-state index contributed by atoms with van der Waals surface area (Å²) in [6.07, 6.45) is 6.00. The van der Waals surface area contributed by atoms with Gasteiger partial charge in [0.1, 0.15) is 0 Å². The Morgan fingerprint density at radius 3 is 2.69 bits per heavy atom. The van der Waals surface area contributed by atoms with E-state index in [9.17, 15) is 10.2 Å². The summed E-state index contributed by atoms with van der Waals surface area (Å²) in [6, 6.07) is 0. The van der Waals surface area contributed by atoms with Crippen LogP contribution in [-0.4, -0.2) is 21.9 Å². The molecule has 3 aliphatic rings. The standard InChI is InChI=1S/C11H16O2/c1-11(13)5-8-6-2-3-7(4-6)9(8)10(11)12/h2-3,6-10,12-13H,4-5H2,1H3/t6-,7-,8+,9+,10-,11-/m0/s1. The minimum absolute atomic E-state index is 0.338. The number of rotatable bonds is 0. The van der Waals surface area contributed by atoms with Crippen LogP contribution in [0.4, 0.5) is 0 Å². The van der Waals surface area contributed by atoms with E-state index in [-0.39, 0.29) is 0 Å². The van der Waals surface area contributed by atoms with Gasteiger partial charge in [0.2, 0.25) is 0 Å². The molecule has 0 saturated heterocycles. The highest BCUT2D eigenvalue weighted by Crippen LogP contribution is 2.57. The molecule has 72 valence electrons. The smallest absolute Gasteiger partial charge is 0.0883 e. The number of hydrogen-bond acceptors (Lipinski definition) is 2. The summed E-state index contributed by atoms with van der Waals surface area (Å²) in [7, 11) is 0. The van der Waals surface area contributed by atoms with Gasteiger partial charge in [-0.05, 0) is 43.4 Å². The van der Waals surface area contributed by atoms with Crippen LogP contribution in [-0.2, 0) is 0 Å². The van der Waals surface area contributed by atoms with Gasteiger partial charge < -0.3 is 10.2 Å². The first-order valence-electron chi connectivity index (χ1n) is 5.18. The SMILES string of the molecule is C[C@]1(O)C[C@H]2[C@@H]([C@H]3C=C[C@H]2C3)[C@@H]1O. The van der Waals surface area contributed by atoms with Gasteiger partial charge in [-0.25, -0.2) is 0 Å². The topological polar surface area (TPSA) is 40.5 Å². The van der Waals surface area contributed by atoms with Crippen molar-refractivity contribution in [2.24, 2.45) is 23.7 Å². The van der Waals surface area contributed by atoms with Crippen molar-refractivity contribution in [3.05, 3.63) is 12.2 Å². The van der Waals surface area contributed by atoms with Crippen LogP contribution in [0.25, 0.3) is 0 Å². The van der Waals surface area contributed by atoms with Crippen molar-refractivity contribution in [1.82, 2.24) is 0 Å². The lowest BCUT2D eigenvalue weighted by atomic mass is 9.85. The van der Waals surface area contributed by atoms with Crippen LogP contribution in [0.2, 0.25) is 0 Å². The van der Waals surface area contributed by atoms with Crippen LogP contribution in [0.3, 0.4) is 0 Å². The Hall–Kier alpha value is -0.340. The van der Waals surface area contributed by atoms with Crippen molar-refractivity contribution in [1.29, 1.82) is 0 Å². The zero-order chi connectivity index (χ0) is 9.22. The molecule has 2 bridgehead atoms. The Labute approximate surface area is 78.3 Å². The molecule has 13 heavy (non-hydrogen) atoms. The van der Waals surface area contributed by atoms with E-state index >= 15 is 0 Å². The summed E-state index contributed by atoms with van der Waals surface area (Å²) in [6.45, 7) is 1.77. The third-order valence-corrected chi connectivity index (χ3v) is 4.34. The van der Waals surface area contributed by atoms with Gasteiger partial charge in [0, 0.05) is 0 Å². The molecule has 0 aromatic rings. The molecule has 2 saturated carbocycles. The zero-order valence-corrected chi connectivity index (χ0v) is 7.85. The van der Waals surface area contributed by atoms with E-state index in [4.69, 9.17) is 0 Å². The molecule has 6 atom stereocenters. The molecule has 2 fully saturated rings. The van der Waals surface area contributed by atoms with Crippen molar-refractivity contribution in [3.63, 3.8) is 0 Å². The largest absolute Gasteiger partial charge is 0.390 e. The predicted octanol–water partition coefficient (Wildman–Crippen LogP) is 0.940. The van der Waals surface area contributed by atoms with Crippen LogP contribution in [0, 0.1) is 23.7 Å². The Kier molecular flexibility index (Phi) is 1.34. The highest BCUT2D eigenvalue weighted by atomic mass is 16.3. The van der Waals surface area contributed by atoms with E-state index in [1.54, 1.807) is 6.92 Å². The summed E-state index contributed by atoms with van der Waals surface area (Å²) in [5.41, 5.74) is -0.835. The van der Waals surface area contributed by atoms with E-state index in [0.717, 1.165) is 6.42 Å². The number of aliphatic hydroxyl groups excluding tert-OH is 1. The number of fused-ring (bicyclic) bond motifs is 5. The van der Waals surface area contributed by atoms with Crippen LogP contribution in [0.5, 0.6) is 0 Å². The highest BCUT2D eigenvalue weighted by Gasteiger charge is 2.58. The first kappa shape index (κ1) is 8.01. The van der Waals surface area contributed by atoms with Crippen molar-refractivity contribution in [2.45, 2.75) is 31.5 Å². The van der Waals surface area contributed by atoms with Crippen LogP contribution >= 0.6 is 0 Å². The number of allylic oxidation sites excluding steroid dienone is 2. The maximum Gasteiger partial charge on any atom is 0.0883 e. The molecule has 2 nitrogen and oxygen atoms in total. The van der Waals surface area contributed by atoms with E-state index in [0.29, 0.717) is 23.7 Å². The summed E-state index contributed by atoms with van der Waals surface area (Å²) >= 11 is 0. The fourth-order valence-corrected chi connectivity index (χ4v) is 3.73. The molecule has 3 aliphatic carbocycles. The van der Waals surface area contributed by atoms with E-state index in [1.165, 1.54) is 6.42 Å². The average Bonchev–Trinajstić information content (AvgIpc) is 2.65. The minimum atomic E-state index is -0.835. The zero-order valence-electron chi connectivity index (χ0n) is 7.85. The molecule has 2 N–H and O–H groups in total. The summed E-state index contributed by atoms with van der Waals surface area (Å²) in [4.78, 5) is 0. The molecule has 0 amide bonds. The molecule has 0 radical (unpaired) electrons. The summed E-state index contributed by atoms with van der Waals surface area (Å²) in [5, 5.41) is 19.9. The Morgan fingerprint density at radius 2 is 2.00 bits per heavy atom. The van der Waals surface area contributed by atoms with E-state index in [2.05, 4.69) is 12.2 Å². The van der Waals surface area contributed by atoms with Crippen molar-refractivity contribution in [3.8, 4) is 0 Å². The first-order valence-corrected chi connectivity index (χ1v) is 5.18. The van der Waals surface area contributed by atoms with Gasteiger partial charge in [-0.15, -0.1) is 0 Å². The second-order valence-corrected chi connectivity index (χ2v) is 5.20. The maximum absolute atomic E-state index is 9.97. The van der Waals surface area contributed by atoms with Gasteiger partial charge in [-0.3, -0.25) is 0 Å². The van der Waals surface area contributed by atoms with Crippen molar-refractivity contribution < 1.29 is 10.2 Å². The predicted molar refractivity (Wildman–Crippen MR) is 49.0 cm³/mol. The van der Waals surface area contributed by atoms with Gasteiger partial charge in [-0.1, -0.05) is 12.2 Å². The monoisotopic (exact) mass is 180 g/mol. The Morgan fingerprint density at radius 1 is 1.31 bits per heavy atom. The summed E-state index contributed by atoms with van der Waals surface area (Å²) < 4.78 is 0. The molecule has 0 aromatic heterocycles. The van der Waals surface area contributed by atoms with Crippen molar-refractivity contribution >= 4 is 0 Å². The molecular weight excluding hydrogens is 164 g/mol. The Bertz CT molecular complexity index is 269. The normalized spacial score (nSPS) is 63.2. The number of hydrogen-bond donors (Lipinski definition) is 2. The average molecular weight is 180 g/mol. The fourth-order valence-electron chi connectivity index (χ4n) is 3.73. The lowest BCUT2D eigenvalue weighted by Crippen LogP contribution is -2.38. The molecule has 0 unspecified atom stereocenters. The maximum atomic E-state index is 9.97. The third kappa shape index (κ3) is 0.856. The van der Waals surface area contributed by atoms with E-state index in [1.807, 2.05) is 0 Å². The van der Waals surface area contributed by atoms with Crippen LogP contribution in [0.15, 0.2) is 12.2 Å². The molecule has 0 aromatic carbocycles. The molecule has 0 heterocycles. The summed E-state index contributed by atoms with van der Waals surface area (Å²) in [5.74, 6) is 2.06. The van der Waals surface area contributed by atoms with Gasteiger partial charge in [-0.2, -0.15) is 0 Å². The quantitative estimate of drug-likeness (QED) is 0.545. The van der Waals surface area contributed by atoms with Gasteiger partial charge in [0.05, 0.1) is 11.7 Å². The van der Waals surface area contributed by atoms with Gasteiger partial charge >= 0.3 is 0 Å². The molecule has 0 aliphatic heterocycles. The van der Waals surface area contributed by atoms with Gasteiger partial charge in [0.25, 0.3) is 0 Å². The fraction of sp³-hybridized carbons (Fsp3) is 0.818. The van der Waals surface area contributed by atoms with Crippen LogP contribution in [0.1, 0.15) is 19.8 Å². The molecule has 2 heteroatoms. The van der Waals surface area contributed by atoms with Crippen molar-refractivity contribution in [2.75, 3.05) is 0 Å². The van der Waals surface area contributed by atoms with E-state index < -0.39 is 11.7 Å². The minimum Gasteiger partial charge on any atom is -0.390 e. The van der Waals surface area contributed by atoms with Crippen LogP contribution < -0.4 is 0 Å². The second kappa shape index (κ2) is 2.18. The third-order valence-electron chi connectivity index (χ3n) is 4.34. The second-order valence-electron chi connectivity index (χ2n) is 5.20. The lowest BCUT2D eigenvalue weighted by molar-refractivity contribution is -0.0589. The Balaban J connectivity index is 1.96.